The molecule has 0 saturated heterocycles. The lowest BCUT2D eigenvalue weighted by Crippen LogP contribution is -2.10. The normalized spacial score (nSPS) is 11.4. The van der Waals surface area contributed by atoms with Crippen LogP contribution in [0.4, 0.5) is 0 Å². The van der Waals surface area contributed by atoms with Crippen LogP contribution in [0.5, 0.6) is 17.2 Å². The van der Waals surface area contributed by atoms with Gasteiger partial charge < -0.3 is 19.3 Å². The van der Waals surface area contributed by atoms with Crippen LogP contribution in [0.25, 0.3) is 17.3 Å². The molecule has 0 aliphatic heterocycles. The van der Waals surface area contributed by atoms with Gasteiger partial charge in [-0.1, -0.05) is 43.0 Å². The maximum absolute atomic E-state index is 10.7. The predicted octanol–water partition coefficient (Wildman–Crippen LogP) is 6.87. The highest BCUT2D eigenvalue weighted by atomic mass is 32.1. The highest BCUT2D eigenvalue weighted by Crippen LogP contribution is 2.32. The SMILES string of the molecule is C=C/C=C\C=C/C/C=C/c1sc(COc2ccc(OCC(=O)O)c(C)c2)nc1-c1ccc(OC)cc1. The molecule has 0 spiro atoms. The van der Waals surface area contributed by atoms with E-state index in [1.54, 1.807) is 36.7 Å². The fourth-order valence-electron chi connectivity index (χ4n) is 3.22. The number of aliphatic carboxylic acids is 1. The van der Waals surface area contributed by atoms with Gasteiger partial charge >= 0.3 is 5.97 Å². The van der Waals surface area contributed by atoms with Crippen LogP contribution >= 0.6 is 11.3 Å². The number of hydrogen-bond acceptors (Lipinski definition) is 6. The fourth-order valence-corrected chi connectivity index (χ4v) is 4.15. The third-order valence-electron chi connectivity index (χ3n) is 4.96. The number of rotatable bonds is 13. The van der Waals surface area contributed by atoms with Crippen LogP contribution in [-0.4, -0.2) is 29.8 Å². The number of ether oxygens (including phenoxy) is 3. The topological polar surface area (TPSA) is 77.9 Å². The number of aryl methyl sites for hydroxylation is 1. The van der Waals surface area contributed by atoms with Crippen LogP contribution in [0, 0.1) is 6.92 Å². The van der Waals surface area contributed by atoms with Crippen LogP contribution in [0.3, 0.4) is 0 Å². The number of methoxy groups -OCH3 is 1. The molecule has 1 N–H and O–H groups in total. The molecule has 7 heteroatoms. The third-order valence-corrected chi connectivity index (χ3v) is 5.95. The molecule has 186 valence electrons. The van der Waals surface area contributed by atoms with E-state index in [1.807, 2.05) is 55.5 Å². The number of hydrogen-bond donors (Lipinski definition) is 1. The van der Waals surface area contributed by atoms with Crippen LogP contribution in [0.1, 0.15) is 21.9 Å². The second-order valence-corrected chi connectivity index (χ2v) is 8.75. The first-order valence-corrected chi connectivity index (χ1v) is 12.1. The molecule has 3 rings (SSSR count). The molecule has 6 nitrogen and oxygen atoms in total. The quantitative estimate of drug-likeness (QED) is 0.256. The molecule has 0 aliphatic carbocycles. The van der Waals surface area contributed by atoms with Crippen molar-refractivity contribution in [2.75, 3.05) is 13.7 Å². The van der Waals surface area contributed by atoms with Crippen LogP contribution < -0.4 is 14.2 Å². The van der Waals surface area contributed by atoms with Crippen LogP contribution in [-0.2, 0) is 11.4 Å². The number of allylic oxidation sites excluding steroid dienone is 6. The summed E-state index contributed by atoms with van der Waals surface area (Å²) in [4.78, 5) is 16.6. The Labute approximate surface area is 215 Å². The third kappa shape index (κ3) is 7.99. The fraction of sp³-hybridized carbons (Fsp3) is 0.172. The van der Waals surface area contributed by atoms with Gasteiger partial charge in [0.2, 0.25) is 0 Å². The van der Waals surface area contributed by atoms with Gasteiger partial charge in [-0.15, -0.1) is 11.3 Å². The number of carboxylic acid groups (broad SMARTS) is 1. The summed E-state index contributed by atoms with van der Waals surface area (Å²) in [5.41, 5.74) is 2.69. The van der Waals surface area contributed by atoms with Crippen molar-refractivity contribution in [2.45, 2.75) is 20.0 Å². The van der Waals surface area contributed by atoms with Gasteiger partial charge in [-0.25, -0.2) is 9.78 Å². The molecule has 36 heavy (non-hydrogen) atoms. The van der Waals surface area contributed by atoms with E-state index in [4.69, 9.17) is 24.3 Å². The Morgan fingerprint density at radius 3 is 2.53 bits per heavy atom. The lowest BCUT2D eigenvalue weighted by molar-refractivity contribution is -0.139. The van der Waals surface area contributed by atoms with Crippen molar-refractivity contribution in [1.82, 2.24) is 4.98 Å². The number of carboxylic acids is 1. The van der Waals surface area contributed by atoms with Crippen molar-refractivity contribution in [1.29, 1.82) is 0 Å². The molecule has 0 saturated carbocycles. The summed E-state index contributed by atoms with van der Waals surface area (Å²) in [6, 6.07) is 13.1. The minimum absolute atomic E-state index is 0.308. The molecule has 0 radical (unpaired) electrons. The Hall–Kier alpha value is -4.10. The largest absolute Gasteiger partial charge is 0.497 e. The number of benzene rings is 2. The first-order valence-electron chi connectivity index (χ1n) is 11.3. The van der Waals surface area contributed by atoms with E-state index in [1.165, 1.54) is 0 Å². The molecular weight excluding hydrogens is 474 g/mol. The number of thiazole rings is 1. The Balaban J connectivity index is 1.75. The summed E-state index contributed by atoms with van der Waals surface area (Å²) in [6.07, 6.45) is 14.6. The predicted molar refractivity (Wildman–Crippen MR) is 145 cm³/mol. The maximum Gasteiger partial charge on any atom is 0.341 e. The first-order chi connectivity index (χ1) is 17.5. The monoisotopic (exact) mass is 503 g/mol. The van der Waals surface area contributed by atoms with Crippen molar-refractivity contribution < 1.29 is 24.1 Å². The van der Waals surface area contributed by atoms with E-state index >= 15 is 0 Å². The first kappa shape index (κ1) is 26.5. The Kier molecular flexibility index (Phi) is 10.1. The van der Waals surface area contributed by atoms with Crippen molar-refractivity contribution in [3.8, 4) is 28.5 Å². The highest BCUT2D eigenvalue weighted by molar-refractivity contribution is 7.13. The Bertz CT molecular complexity index is 1260. The van der Waals surface area contributed by atoms with Gasteiger partial charge in [0.25, 0.3) is 0 Å². The summed E-state index contributed by atoms with van der Waals surface area (Å²) in [6.45, 7) is 5.43. The molecule has 0 unspecified atom stereocenters. The lowest BCUT2D eigenvalue weighted by atomic mass is 10.1. The van der Waals surface area contributed by atoms with Gasteiger partial charge in [0, 0.05) is 5.56 Å². The van der Waals surface area contributed by atoms with Gasteiger partial charge in [-0.05, 0) is 67.4 Å². The highest BCUT2D eigenvalue weighted by Gasteiger charge is 2.13. The maximum atomic E-state index is 10.7. The Morgan fingerprint density at radius 1 is 1.06 bits per heavy atom. The smallest absolute Gasteiger partial charge is 0.341 e. The van der Waals surface area contributed by atoms with E-state index in [9.17, 15) is 4.79 Å². The van der Waals surface area contributed by atoms with Crippen molar-refractivity contribution in [2.24, 2.45) is 0 Å². The van der Waals surface area contributed by atoms with E-state index in [2.05, 4.69) is 24.8 Å². The summed E-state index contributed by atoms with van der Waals surface area (Å²) >= 11 is 1.58. The second-order valence-electron chi connectivity index (χ2n) is 7.63. The molecule has 0 amide bonds. The molecule has 2 aromatic carbocycles. The zero-order chi connectivity index (χ0) is 25.8. The van der Waals surface area contributed by atoms with E-state index < -0.39 is 5.97 Å². The van der Waals surface area contributed by atoms with Crippen molar-refractivity contribution in [3.63, 3.8) is 0 Å². The second kappa shape index (κ2) is 13.7. The van der Waals surface area contributed by atoms with Gasteiger partial charge in [0.1, 0.15) is 28.9 Å². The number of aromatic nitrogens is 1. The van der Waals surface area contributed by atoms with Gasteiger partial charge in [-0.3, -0.25) is 0 Å². The van der Waals surface area contributed by atoms with E-state index in [-0.39, 0.29) is 6.61 Å². The molecule has 1 aromatic heterocycles. The van der Waals surface area contributed by atoms with Crippen molar-refractivity contribution in [3.05, 3.63) is 101 Å². The summed E-state index contributed by atoms with van der Waals surface area (Å²) < 4.78 is 16.5. The molecule has 1 heterocycles. The number of nitrogens with zero attached hydrogens (tertiary/aromatic N) is 1. The van der Waals surface area contributed by atoms with Crippen molar-refractivity contribution >= 4 is 23.4 Å². The lowest BCUT2D eigenvalue weighted by Gasteiger charge is -2.09. The van der Waals surface area contributed by atoms with Crippen LogP contribution in [0.15, 0.2) is 85.5 Å². The standard InChI is InChI=1S/C29H29NO5S/c1-4-5-6-7-8-9-10-11-26-29(22-12-14-23(33-3)15-13-22)30-27(36-26)19-34-24-16-17-25(21(2)18-24)35-20-28(31)32/h4-8,10-18H,1,9,19-20H2,2-3H3,(H,31,32)/b6-5-,8-7-,11-10+. The molecule has 0 fully saturated rings. The minimum Gasteiger partial charge on any atom is -0.497 e. The van der Waals surface area contributed by atoms with E-state index in [0.29, 0.717) is 18.1 Å². The van der Waals surface area contributed by atoms with Gasteiger partial charge in [0.15, 0.2) is 6.61 Å². The molecule has 0 aliphatic rings. The average molecular weight is 504 g/mol. The number of carbonyl (C=O) groups is 1. The zero-order valence-electron chi connectivity index (χ0n) is 20.3. The van der Waals surface area contributed by atoms with Gasteiger partial charge in [-0.2, -0.15) is 0 Å². The molecule has 3 aromatic rings. The van der Waals surface area contributed by atoms with Gasteiger partial charge in [0.05, 0.1) is 17.7 Å². The van der Waals surface area contributed by atoms with Crippen LogP contribution in [0.2, 0.25) is 0 Å². The zero-order valence-corrected chi connectivity index (χ0v) is 21.2. The molecule has 0 bridgehead atoms. The minimum atomic E-state index is -1.02. The average Bonchev–Trinajstić information content (AvgIpc) is 3.29. The van der Waals surface area contributed by atoms with E-state index in [0.717, 1.165) is 38.9 Å². The Morgan fingerprint density at radius 2 is 1.83 bits per heavy atom. The summed E-state index contributed by atoms with van der Waals surface area (Å²) in [5.74, 6) is 0.948. The summed E-state index contributed by atoms with van der Waals surface area (Å²) in [5, 5.41) is 9.64. The summed E-state index contributed by atoms with van der Waals surface area (Å²) in [7, 11) is 1.64. The molecular formula is C29H29NO5S. The molecule has 0 atom stereocenters.